The van der Waals surface area contributed by atoms with Crippen molar-refractivity contribution >= 4 is 21.9 Å². The molecule has 0 saturated carbocycles. The molecule has 0 aliphatic heterocycles. The molecule has 0 bridgehead atoms. The van der Waals surface area contributed by atoms with Crippen LogP contribution in [0.5, 0.6) is 28.7 Å². The summed E-state index contributed by atoms with van der Waals surface area (Å²) in [6, 6.07) is 26.3. The maximum atomic E-state index is 11.6. The predicted octanol–water partition coefficient (Wildman–Crippen LogP) is 8.88. The molecule has 1 N–H and O–H groups in total. The van der Waals surface area contributed by atoms with Crippen LogP contribution in [0.15, 0.2) is 89.4 Å². The SMILES string of the molecule is CCCc1c(OCCCOc2cc(OCc3ccccc3)c(Br)cc2CC)cccc1Oc1ccccc1C(=O)O. The van der Waals surface area contributed by atoms with E-state index in [-0.39, 0.29) is 5.56 Å². The van der Waals surface area contributed by atoms with Gasteiger partial charge >= 0.3 is 5.97 Å². The quantitative estimate of drug-likeness (QED) is 0.134. The van der Waals surface area contributed by atoms with Crippen molar-refractivity contribution in [3.63, 3.8) is 0 Å². The van der Waals surface area contributed by atoms with Crippen molar-refractivity contribution in [3.8, 4) is 28.7 Å². The minimum Gasteiger partial charge on any atom is -0.493 e. The van der Waals surface area contributed by atoms with Gasteiger partial charge in [-0.05, 0) is 70.2 Å². The molecule has 0 saturated heterocycles. The van der Waals surface area contributed by atoms with Gasteiger partial charge in [-0.1, -0.05) is 68.8 Å². The third-order valence-corrected chi connectivity index (χ3v) is 7.08. The molecule has 0 amide bonds. The number of aromatic carboxylic acids is 1. The van der Waals surface area contributed by atoms with E-state index in [2.05, 4.69) is 35.8 Å². The summed E-state index contributed by atoms with van der Waals surface area (Å²) in [6.07, 6.45) is 3.14. The third-order valence-electron chi connectivity index (χ3n) is 6.46. The number of hydrogen-bond acceptors (Lipinski definition) is 5. The summed E-state index contributed by atoms with van der Waals surface area (Å²) in [6.45, 7) is 5.60. The number of rotatable bonds is 15. The predicted molar refractivity (Wildman–Crippen MR) is 164 cm³/mol. The summed E-state index contributed by atoms with van der Waals surface area (Å²) >= 11 is 3.63. The molecular weight excluding hydrogens is 584 g/mol. The highest BCUT2D eigenvalue weighted by Crippen LogP contribution is 2.36. The highest BCUT2D eigenvalue weighted by atomic mass is 79.9. The van der Waals surface area contributed by atoms with Crippen molar-refractivity contribution in [2.45, 2.75) is 46.1 Å². The Hall–Kier alpha value is -3.97. The van der Waals surface area contributed by atoms with Gasteiger partial charge in [0.05, 0.1) is 17.7 Å². The van der Waals surface area contributed by atoms with Gasteiger partial charge in [-0.15, -0.1) is 0 Å². The van der Waals surface area contributed by atoms with Crippen LogP contribution in [0.25, 0.3) is 0 Å². The van der Waals surface area contributed by atoms with Gasteiger partial charge in [-0.3, -0.25) is 0 Å². The van der Waals surface area contributed by atoms with E-state index >= 15 is 0 Å². The van der Waals surface area contributed by atoms with E-state index < -0.39 is 5.97 Å². The van der Waals surface area contributed by atoms with E-state index in [9.17, 15) is 9.90 Å². The van der Waals surface area contributed by atoms with Crippen LogP contribution in [0.2, 0.25) is 0 Å². The lowest BCUT2D eigenvalue weighted by atomic mass is 10.1. The molecule has 0 heterocycles. The fraction of sp³-hybridized carbons (Fsp3) is 0.265. The van der Waals surface area contributed by atoms with Crippen molar-refractivity contribution in [2.75, 3.05) is 13.2 Å². The average Bonchev–Trinajstić information content (AvgIpc) is 2.98. The van der Waals surface area contributed by atoms with E-state index in [1.165, 1.54) is 6.07 Å². The summed E-state index contributed by atoms with van der Waals surface area (Å²) in [5, 5.41) is 9.53. The Kier molecular flexibility index (Phi) is 11.1. The van der Waals surface area contributed by atoms with Gasteiger partial charge in [0.2, 0.25) is 0 Å². The zero-order valence-corrected chi connectivity index (χ0v) is 25.0. The van der Waals surface area contributed by atoms with Crippen molar-refractivity contribution < 1.29 is 28.8 Å². The Morgan fingerprint density at radius 3 is 2.17 bits per heavy atom. The number of carboxylic acids is 1. The monoisotopic (exact) mass is 618 g/mol. The molecule has 0 aromatic heterocycles. The second kappa shape index (κ2) is 15.1. The van der Waals surface area contributed by atoms with Gasteiger partial charge in [0, 0.05) is 18.1 Å². The van der Waals surface area contributed by atoms with Crippen molar-refractivity contribution in [3.05, 3.63) is 112 Å². The Balaban J connectivity index is 1.37. The molecular formula is C34H35BrO6. The van der Waals surface area contributed by atoms with E-state index in [0.29, 0.717) is 37.7 Å². The van der Waals surface area contributed by atoms with Gasteiger partial charge in [0.1, 0.15) is 40.9 Å². The first kappa shape index (κ1) is 30.0. The smallest absolute Gasteiger partial charge is 0.339 e. The minimum atomic E-state index is -1.03. The van der Waals surface area contributed by atoms with Crippen LogP contribution in [0.1, 0.15) is 53.7 Å². The summed E-state index contributed by atoms with van der Waals surface area (Å²) < 4.78 is 25.4. The van der Waals surface area contributed by atoms with Crippen LogP contribution in [0, 0.1) is 0 Å². The first-order valence-corrected chi connectivity index (χ1v) is 14.7. The number of benzene rings is 4. The maximum Gasteiger partial charge on any atom is 0.339 e. The molecule has 4 aromatic rings. The number of carboxylic acid groups (broad SMARTS) is 1. The van der Waals surface area contributed by atoms with Gasteiger partial charge in [-0.25, -0.2) is 4.79 Å². The van der Waals surface area contributed by atoms with Crippen LogP contribution in [-0.2, 0) is 19.4 Å². The summed E-state index contributed by atoms with van der Waals surface area (Å²) in [7, 11) is 0. The Morgan fingerprint density at radius 2 is 1.44 bits per heavy atom. The highest BCUT2D eigenvalue weighted by Gasteiger charge is 2.16. The van der Waals surface area contributed by atoms with Crippen LogP contribution < -0.4 is 18.9 Å². The van der Waals surface area contributed by atoms with Crippen molar-refractivity contribution in [1.29, 1.82) is 0 Å². The van der Waals surface area contributed by atoms with Gasteiger partial charge in [0.15, 0.2) is 0 Å². The molecule has 7 heteroatoms. The highest BCUT2D eigenvalue weighted by molar-refractivity contribution is 9.10. The molecule has 0 fully saturated rings. The fourth-order valence-electron chi connectivity index (χ4n) is 4.38. The molecule has 4 rings (SSSR count). The van der Waals surface area contributed by atoms with Crippen LogP contribution in [0.3, 0.4) is 0 Å². The van der Waals surface area contributed by atoms with Crippen molar-refractivity contribution in [1.82, 2.24) is 0 Å². The first-order valence-electron chi connectivity index (χ1n) is 13.9. The topological polar surface area (TPSA) is 74.2 Å². The molecule has 0 unspecified atom stereocenters. The van der Waals surface area contributed by atoms with Crippen LogP contribution >= 0.6 is 15.9 Å². The van der Waals surface area contributed by atoms with E-state index in [1.807, 2.05) is 54.6 Å². The first-order chi connectivity index (χ1) is 20.0. The maximum absolute atomic E-state index is 11.6. The normalized spacial score (nSPS) is 10.7. The molecule has 41 heavy (non-hydrogen) atoms. The number of hydrogen-bond donors (Lipinski definition) is 1. The standard InChI is InChI=1S/C34H35BrO6/c1-3-12-26-29(17-10-18-30(26)41-31-16-9-8-15-27(31)34(36)37)38-19-11-20-39-32-22-33(28(35)21-25(32)4-2)40-23-24-13-6-5-7-14-24/h5-10,13-18,21-22H,3-4,11-12,19-20,23H2,1-2H3,(H,36,37). The lowest BCUT2D eigenvalue weighted by Gasteiger charge is -2.17. The third kappa shape index (κ3) is 8.27. The number of ether oxygens (including phenoxy) is 4. The van der Waals surface area contributed by atoms with E-state index in [1.54, 1.807) is 18.2 Å². The van der Waals surface area contributed by atoms with Gasteiger partial charge in [-0.2, -0.15) is 0 Å². The lowest BCUT2D eigenvalue weighted by molar-refractivity contribution is 0.0694. The Labute approximate surface area is 250 Å². The molecule has 0 spiro atoms. The molecule has 6 nitrogen and oxygen atoms in total. The zero-order chi connectivity index (χ0) is 29.0. The second-order valence-electron chi connectivity index (χ2n) is 9.45. The van der Waals surface area contributed by atoms with Crippen LogP contribution in [0.4, 0.5) is 0 Å². The molecule has 214 valence electrons. The largest absolute Gasteiger partial charge is 0.493 e. The van der Waals surface area contributed by atoms with Crippen LogP contribution in [-0.4, -0.2) is 24.3 Å². The zero-order valence-electron chi connectivity index (χ0n) is 23.4. The molecule has 0 aliphatic carbocycles. The minimum absolute atomic E-state index is 0.117. The lowest BCUT2D eigenvalue weighted by Crippen LogP contribution is -2.08. The number of aryl methyl sites for hydroxylation is 1. The summed E-state index contributed by atoms with van der Waals surface area (Å²) in [4.78, 5) is 11.6. The van der Waals surface area contributed by atoms with Crippen molar-refractivity contribution in [2.24, 2.45) is 0 Å². The second-order valence-corrected chi connectivity index (χ2v) is 10.3. The van der Waals surface area contributed by atoms with Gasteiger partial charge < -0.3 is 24.1 Å². The van der Waals surface area contributed by atoms with Gasteiger partial charge in [0.25, 0.3) is 0 Å². The molecule has 4 aromatic carbocycles. The van der Waals surface area contributed by atoms with E-state index in [4.69, 9.17) is 18.9 Å². The molecule has 0 radical (unpaired) electrons. The molecule has 0 atom stereocenters. The molecule has 0 aliphatic rings. The van der Waals surface area contributed by atoms with E-state index in [0.717, 1.165) is 57.7 Å². The summed E-state index contributed by atoms with van der Waals surface area (Å²) in [5.41, 5.74) is 3.23. The number of carbonyl (C=O) groups is 1. The fourth-order valence-corrected chi connectivity index (χ4v) is 4.88. The Bertz CT molecular complexity index is 1440. The average molecular weight is 620 g/mol. The summed E-state index contributed by atoms with van der Waals surface area (Å²) in [5.74, 6) is 2.14. The number of halogens is 1. The Morgan fingerprint density at radius 1 is 0.756 bits per heavy atom. The number of para-hydroxylation sites is 1.